The molecular weight excluding hydrogens is 276 g/mol. The van der Waals surface area contributed by atoms with Crippen LogP contribution in [0.1, 0.15) is 11.3 Å². The highest BCUT2D eigenvalue weighted by molar-refractivity contribution is 5.69. The number of rotatable bonds is 3. The van der Waals surface area contributed by atoms with Crippen molar-refractivity contribution in [3.8, 4) is 28.5 Å². The van der Waals surface area contributed by atoms with E-state index in [9.17, 15) is 5.11 Å². The summed E-state index contributed by atoms with van der Waals surface area (Å²) in [4.78, 5) is 8.50. The first-order valence-corrected chi connectivity index (χ1v) is 6.99. The molecular formula is C18H16N2O2. The van der Waals surface area contributed by atoms with Gasteiger partial charge in [-0.1, -0.05) is 6.07 Å². The fourth-order valence-electron chi connectivity index (χ4n) is 2.21. The summed E-state index contributed by atoms with van der Waals surface area (Å²) < 4.78 is 5.83. The second-order valence-electron chi connectivity index (χ2n) is 5.12. The molecule has 0 unspecified atom stereocenters. The first-order chi connectivity index (χ1) is 10.6. The van der Waals surface area contributed by atoms with Gasteiger partial charge in [0.1, 0.15) is 0 Å². The molecule has 0 atom stereocenters. The van der Waals surface area contributed by atoms with Crippen molar-refractivity contribution in [2.24, 2.45) is 0 Å². The molecule has 1 N–H and O–H groups in total. The zero-order chi connectivity index (χ0) is 15.5. The van der Waals surface area contributed by atoms with E-state index in [1.54, 1.807) is 24.5 Å². The monoisotopic (exact) mass is 292 g/mol. The van der Waals surface area contributed by atoms with Crippen molar-refractivity contribution in [2.75, 3.05) is 0 Å². The van der Waals surface area contributed by atoms with Gasteiger partial charge in [0.05, 0.1) is 0 Å². The summed E-state index contributed by atoms with van der Waals surface area (Å²) in [5.74, 6) is 0.938. The Morgan fingerprint density at radius 3 is 2.64 bits per heavy atom. The highest BCUT2D eigenvalue weighted by Crippen LogP contribution is 2.35. The van der Waals surface area contributed by atoms with Gasteiger partial charge in [-0.25, -0.2) is 4.98 Å². The normalized spacial score (nSPS) is 10.5. The van der Waals surface area contributed by atoms with Crippen LogP contribution in [0.5, 0.6) is 17.4 Å². The maximum Gasteiger partial charge on any atom is 0.227 e. The lowest BCUT2D eigenvalue weighted by Gasteiger charge is -2.11. The molecule has 2 heterocycles. The van der Waals surface area contributed by atoms with Crippen molar-refractivity contribution < 1.29 is 9.84 Å². The minimum Gasteiger partial charge on any atom is -0.504 e. The quantitative estimate of drug-likeness (QED) is 0.783. The number of aryl methyl sites for hydroxylation is 2. The SMILES string of the molecule is Cc1ccc(O)c(Oc2ncccc2-c2ccnc(C)c2)c1. The van der Waals surface area contributed by atoms with Crippen molar-refractivity contribution in [1.29, 1.82) is 0 Å². The highest BCUT2D eigenvalue weighted by Gasteiger charge is 2.11. The van der Waals surface area contributed by atoms with Crippen LogP contribution in [0, 0.1) is 13.8 Å². The Kier molecular flexibility index (Phi) is 3.74. The van der Waals surface area contributed by atoms with Crippen molar-refractivity contribution in [3.05, 3.63) is 66.1 Å². The molecule has 4 nitrogen and oxygen atoms in total. The second-order valence-corrected chi connectivity index (χ2v) is 5.12. The summed E-state index contributed by atoms with van der Waals surface area (Å²) in [7, 11) is 0. The molecule has 0 aliphatic heterocycles. The lowest BCUT2D eigenvalue weighted by Crippen LogP contribution is -1.93. The van der Waals surface area contributed by atoms with Crippen LogP contribution in [0.15, 0.2) is 54.9 Å². The molecule has 3 rings (SSSR count). The largest absolute Gasteiger partial charge is 0.504 e. The summed E-state index contributed by atoms with van der Waals surface area (Å²) in [5, 5.41) is 9.94. The number of hydrogen-bond acceptors (Lipinski definition) is 4. The number of ether oxygens (including phenoxy) is 1. The maximum absolute atomic E-state index is 9.94. The Morgan fingerprint density at radius 2 is 1.82 bits per heavy atom. The standard InChI is InChI=1S/C18H16N2O2/c1-12-5-6-16(21)17(10-12)22-18-15(4-3-8-20-18)14-7-9-19-13(2)11-14/h3-11,21H,1-2H3. The van der Waals surface area contributed by atoms with Gasteiger partial charge in [0, 0.05) is 23.7 Å². The minimum atomic E-state index is 0.0908. The zero-order valence-corrected chi connectivity index (χ0v) is 12.4. The Bertz CT molecular complexity index is 816. The van der Waals surface area contributed by atoms with E-state index in [2.05, 4.69) is 9.97 Å². The fraction of sp³-hybridized carbons (Fsp3) is 0.111. The van der Waals surface area contributed by atoms with E-state index in [0.717, 1.165) is 22.4 Å². The molecule has 110 valence electrons. The Morgan fingerprint density at radius 1 is 0.955 bits per heavy atom. The third-order valence-corrected chi connectivity index (χ3v) is 3.30. The molecule has 0 radical (unpaired) electrons. The predicted octanol–water partition coefficient (Wildman–Crippen LogP) is 4.26. The van der Waals surface area contributed by atoms with Gasteiger partial charge >= 0.3 is 0 Å². The molecule has 0 spiro atoms. The number of hydrogen-bond donors (Lipinski definition) is 1. The van der Waals surface area contributed by atoms with E-state index in [-0.39, 0.29) is 5.75 Å². The highest BCUT2D eigenvalue weighted by atomic mass is 16.5. The summed E-state index contributed by atoms with van der Waals surface area (Å²) in [6.45, 7) is 3.88. The van der Waals surface area contributed by atoms with E-state index in [1.807, 2.05) is 44.2 Å². The fourth-order valence-corrected chi connectivity index (χ4v) is 2.21. The van der Waals surface area contributed by atoms with E-state index in [1.165, 1.54) is 0 Å². The third-order valence-electron chi connectivity index (χ3n) is 3.30. The van der Waals surface area contributed by atoms with E-state index >= 15 is 0 Å². The van der Waals surface area contributed by atoms with Gasteiger partial charge < -0.3 is 9.84 Å². The predicted molar refractivity (Wildman–Crippen MR) is 85.1 cm³/mol. The maximum atomic E-state index is 9.94. The van der Waals surface area contributed by atoms with E-state index in [4.69, 9.17) is 4.74 Å². The molecule has 0 saturated heterocycles. The van der Waals surface area contributed by atoms with Crippen molar-refractivity contribution in [1.82, 2.24) is 9.97 Å². The summed E-state index contributed by atoms with van der Waals surface area (Å²) in [6.07, 6.45) is 3.42. The molecule has 0 aliphatic rings. The van der Waals surface area contributed by atoms with Gasteiger partial charge in [-0.15, -0.1) is 0 Å². The molecule has 0 amide bonds. The van der Waals surface area contributed by atoms with Crippen LogP contribution in [-0.4, -0.2) is 15.1 Å². The number of aromatic hydroxyl groups is 1. The zero-order valence-electron chi connectivity index (χ0n) is 12.4. The van der Waals surface area contributed by atoms with Crippen molar-refractivity contribution in [3.63, 3.8) is 0 Å². The molecule has 22 heavy (non-hydrogen) atoms. The van der Waals surface area contributed by atoms with Crippen LogP contribution < -0.4 is 4.74 Å². The number of pyridine rings is 2. The van der Waals surface area contributed by atoms with Crippen LogP contribution in [0.2, 0.25) is 0 Å². The van der Waals surface area contributed by atoms with Crippen LogP contribution in [0.25, 0.3) is 11.1 Å². The van der Waals surface area contributed by atoms with Crippen LogP contribution in [-0.2, 0) is 0 Å². The van der Waals surface area contributed by atoms with Crippen molar-refractivity contribution in [2.45, 2.75) is 13.8 Å². The van der Waals surface area contributed by atoms with Gasteiger partial charge in [-0.3, -0.25) is 4.98 Å². The van der Waals surface area contributed by atoms with Crippen LogP contribution >= 0.6 is 0 Å². The number of phenols is 1. The smallest absolute Gasteiger partial charge is 0.227 e. The molecule has 0 aliphatic carbocycles. The third kappa shape index (κ3) is 2.91. The first-order valence-electron chi connectivity index (χ1n) is 6.99. The average molecular weight is 292 g/mol. The number of aromatic nitrogens is 2. The molecule has 0 fully saturated rings. The Balaban J connectivity index is 2.03. The van der Waals surface area contributed by atoms with Gasteiger partial charge in [0.15, 0.2) is 11.5 Å². The molecule has 1 aromatic carbocycles. The molecule has 3 aromatic rings. The van der Waals surface area contributed by atoms with Crippen molar-refractivity contribution >= 4 is 0 Å². The van der Waals surface area contributed by atoms with Gasteiger partial charge in [0.2, 0.25) is 5.88 Å². The lowest BCUT2D eigenvalue weighted by atomic mass is 10.1. The first kappa shape index (κ1) is 14.1. The average Bonchev–Trinajstić information content (AvgIpc) is 2.51. The van der Waals surface area contributed by atoms with Crippen LogP contribution in [0.3, 0.4) is 0 Å². The van der Waals surface area contributed by atoms with Gasteiger partial charge in [-0.05, 0) is 61.4 Å². The lowest BCUT2D eigenvalue weighted by molar-refractivity contribution is 0.403. The van der Waals surface area contributed by atoms with E-state index < -0.39 is 0 Å². The molecule has 4 heteroatoms. The minimum absolute atomic E-state index is 0.0908. The van der Waals surface area contributed by atoms with Crippen LogP contribution in [0.4, 0.5) is 0 Å². The molecule has 2 aromatic heterocycles. The van der Waals surface area contributed by atoms with Gasteiger partial charge in [-0.2, -0.15) is 0 Å². The topological polar surface area (TPSA) is 55.2 Å². The Hall–Kier alpha value is -2.88. The summed E-state index contributed by atoms with van der Waals surface area (Å²) in [5.41, 5.74) is 3.76. The molecule has 0 bridgehead atoms. The number of phenolic OH excluding ortho intramolecular Hbond substituents is 1. The summed E-state index contributed by atoms with van der Waals surface area (Å²) in [6, 6.07) is 12.9. The number of benzene rings is 1. The number of nitrogens with zero attached hydrogens (tertiary/aromatic N) is 2. The van der Waals surface area contributed by atoms with E-state index in [0.29, 0.717) is 11.6 Å². The second kappa shape index (κ2) is 5.85. The van der Waals surface area contributed by atoms with Gasteiger partial charge in [0.25, 0.3) is 0 Å². The molecule has 0 saturated carbocycles. The summed E-state index contributed by atoms with van der Waals surface area (Å²) >= 11 is 0. The Labute approximate surface area is 129 Å².